The normalized spacial score (nSPS) is 11.5. The minimum Gasteiger partial charge on any atom is -0.376 e. The van der Waals surface area contributed by atoms with Gasteiger partial charge >= 0.3 is 7.60 Å². The molecule has 0 aliphatic carbocycles. The van der Waals surface area contributed by atoms with E-state index in [2.05, 4.69) is 15.0 Å². The van der Waals surface area contributed by atoms with E-state index in [0.717, 1.165) is 9.80 Å². The Labute approximate surface area is 112 Å². The zero-order valence-corrected chi connectivity index (χ0v) is 11.0. The van der Waals surface area contributed by atoms with Crippen LogP contribution in [0.1, 0.15) is 0 Å². The van der Waals surface area contributed by atoms with E-state index in [4.69, 9.17) is 30.2 Å². The van der Waals surface area contributed by atoms with Gasteiger partial charge in [0.05, 0.1) is 0 Å². The molecule has 1 aromatic heterocycles. The highest BCUT2D eigenvalue weighted by molar-refractivity contribution is 7.59. The molecule has 0 atom stereocenters. The van der Waals surface area contributed by atoms with Gasteiger partial charge in [-0.2, -0.15) is 15.0 Å². The lowest BCUT2D eigenvalue weighted by atomic mass is 10.7. The molecule has 1 rings (SSSR count). The van der Waals surface area contributed by atoms with Crippen molar-refractivity contribution < 1.29 is 34.8 Å². The van der Waals surface area contributed by atoms with Gasteiger partial charge in [0.2, 0.25) is 17.5 Å². The van der Waals surface area contributed by atoms with Gasteiger partial charge in [0, 0.05) is 0 Å². The summed E-state index contributed by atoms with van der Waals surface area (Å²) >= 11 is 0. The molecular weight excluding hydrogens is 297 g/mol. The molecular formula is C7H14N5O7P. The van der Waals surface area contributed by atoms with Crippen LogP contribution >= 0.6 is 7.60 Å². The van der Waals surface area contributed by atoms with Crippen molar-refractivity contribution in [3.63, 3.8) is 0 Å². The van der Waals surface area contributed by atoms with Gasteiger partial charge in [-0.15, -0.1) is 0 Å². The molecule has 114 valence electrons. The summed E-state index contributed by atoms with van der Waals surface area (Å²) in [6, 6.07) is 0. The van der Waals surface area contributed by atoms with Gasteiger partial charge in [0.25, 0.3) is 0 Å². The van der Waals surface area contributed by atoms with Gasteiger partial charge < -0.3 is 30.2 Å². The lowest BCUT2D eigenvalue weighted by Crippen LogP contribution is -2.34. The lowest BCUT2D eigenvalue weighted by molar-refractivity contribution is 0.217. The predicted molar refractivity (Wildman–Crippen MR) is 64.8 cm³/mol. The first-order valence-corrected chi connectivity index (χ1v) is 6.74. The molecule has 0 saturated carbocycles. The maximum Gasteiger partial charge on any atom is 0.393 e. The molecule has 1 aromatic rings. The van der Waals surface area contributed by atoms with Crippen molar-refractivity contribution in [3.05, 3.63) is 0 Å². The van der Waals surface area contributed by atoms with Crippen LogP contribution in [0.15, 0.2) is 0 Å². The van der Waals surface area contributed by atoms with Gasteiger partial charge in [-0.25, -0.2) is 0 Å². The molecule has 0 spiro atoms. The molecule has 1 heterocycles. The van der Waals surface area contributed by atoms with Gasteiger partial charge in [0.15, 0.2) is 0 Å². The number of nitrogens with zero attached hydrogens (tertiary/aromatic N) is 5. The van der Waals surface area contributed by atoms with Crippen LogP contribution in [-0.4, -0.2) is 72.1 Å². The molecule has 0 aromatic carbocycles. The molecule has 13 heteroatoms. The number of aliphatic hydroxyl groups is 4. The van der Waals surface area contributed by atoms with E-state index < -0.39 is 52.0 Å². The van der Waals surface area contributed by atoms with Gasteiger partial charge in [-0.3, -0.25) is 14.4 Å². The summed E-state index contributed by atoms with van der Waals surface area (Å²) in [6.45, 7) is -2.89. The van der Waals surface area contributed by atoms with Crippen LogP contribution in [0.25, 0.3) is 0 Å². The molecule has 0 bridgehead atoms. The second-order valence-corrected chi connectivity index (χ2v) is 4.91. The smallest absolute Gasteiger partial charge is 0.376 e. The van der Waals surface area contributed by atoms with Gasteiger partial charge in [-0.05, 0) is 0 Å². The highest BCUT2D eigenvalue weighted by Gasteiger charge is 2.26. The highest BCUT2D eigenvalue weighted by Crippen LogP contribution is 2.32. The lowest BCUT2D eigenvalue weighted by Gasteiger charge is -2.21. The van der Waals surface area contributed by atoms with Crippen molar-refractivity contribution in [2.75, 3.05) is 36.7 Å². The van der Waals surface area contributed by atoms with Crippen LogP contribution < -0.4 is 15.4 Å². The molecule has 0 saturated heterocycles. The third-order valence-corrected chi connectivity index (χ3v) is 2.83. The molecule has 0 fully saturated rings. The third kappa shape index (κ3) is 3.80. The number of rotatable bonds is 7. The molecule has 20 heavy (non-hydrogen) atoms. The minimum atomic E-state index is -4.84. The van der Waals surface area contributed by atoms with Crippen LogP contribution in [0.2, 0.25) is 0 Å². The quantitative estimate of drug-likeness (QED) is 0.213. The fourth-order valence-corrected chi connectivity index (χ4v) is 1.54. The first-order valence-electron chi connectivity index (χ1n) is 5.12. The molecule has 0 aliphatic rings. The second kappa shape index (κ2) is 6.85. The van der Waals surface area contributed by atoms with E-state index in [1.165, 1.54) is 0 Å². The molecule has 12 nitrogen and oxygen atoms in total. The van der Waals surface area contributed by atoms with E-state index in [0.29, 0.717) is 0 Å². The minimum absolute atomic E-state index is 0.426. The topological polar surface area (TPSA) is 184 Å². The fraction of sp³-hybridized carbons (Fsp3) is 0.571. The maximum absolute atomic E-state index is 11.2. The SMILES string of the molecule is O=P(O)(O)c1nc(N(CO)CO)nc(N(CO)CO)n1. The first-order chi connectivity index (χ1) is 9.37. The summed E-state index contributed by atoms with van der Waals surface area (Å²) < 4.78 is 11.2. The number of hydrogen-bond acceptors (Lipinski definition) is 10. The van der Waals surface area contributed by atoms with Crippen molar-refractivity contribution >= 4 is 25.1 Å². The van der Waals surface area contributed by atoms with Crippen LogP contribution in [0, 0.1) is 0 Å². The summed E-state index contributed by atoms with van der Waals surface area (Å²) in [7, 11) is -4.84. The summed E-state index contributed by atoms with van der Waals surface area (Å²) in [5, 5.41) is 35.9. The third-order valence-electron chi connectivity index (χ3n) is 2.11. The Morgan fingerprint density at radius 1 is 0.800 bits per heavy atom. The van der Waals surface area contributed by atoms with Crippen LogP contribution in [0.5, 0.6) is 0 Å². The Hall–Kier alpha value is -1.40. The first kappa shape index (κ1) is 16.7. The molecule has 0 aliphatic heterocycles. The number of aliphatic hydroxyl groups excluding tert-OH is 4. The second-order valence-electron chi connectivity index (χ2n) is 3.42. The van der Waals surface area contributed by atoms with E-state index in [-0.39, 0.29) is 0 Å². The molecule has 0 unspecified atom stereocenters. The Morgan fingerprint density at radius 3 is 1.40 bits per heavy atom. The predicted octanol–water partition coefficient (Wildman–Crippen LogP) is -3.91. The Bertz CT molecular complexity index is 458. The Kier molecular flexibility index (Phi) is 5.71. The summed E-state index contributed by atoms with van der Waals surface area (Å²) in [5.41, 5.74) is -0.920. The van der Waals surface area contributed by atoms with E-state index >= 15 is 0 Å². The average molecular weight is 311 g/mol. The van der Waals surface area contributed by atoms with Crippen LogP contribution in [0.3, 0.4) is 0 Å². The average Bonchev–Trinajstić information content (AvgIpc) is 2.40. The largest absolute Gasteiger partial charge is 0.393 e. The monoisotopic (exact) mass is 311 g/mol. The molecule has 6 N–H and O–H groups in total. The Morgan fingerprint density at radius 2 is 1.15 bits per heavy atom. The van der Waals surface area contributed by atoms with Crippen molar-refractivity contribution in [3.8, 4) is 0 Å². The zero-order valence-electron chi connectivity index (χ0n) is 10.1. The highest BCUT2D eigenvalue weighted by atomic mass is 31.2. The van der Waals surface area contributed by atoms with E-state index in [1.807, 2.05) is 0 Å². The summed E-state index contributed by atoms with van der Waals surface area (Å²) in [4.78, 5) is 30.2. The van der Waals surface area contributed by atoms with Crippen LogP contribution in [0.4, 0.5) is 11.9 Å². The standard InChI is InChI=1S/C7H14N5O7P/c13-1-11(2-14)5-8-6(12(3-15)4-16)10-7(9-5)20(17,18)19/h13-16H,1-4H2,(H2,17,18,19). The van der Waals surface area contributed by atoms with E-state index in [9.17, 15) is 4.57 Å². The van der Waals surface area contributed by atoms with Gasteiger partial charge in [-0.1, -0.05) is 0 Å². The van der Waals surface area contributed by atoms with E-state index in [1.54, 1.807) is 0 Å². The molecule has 0 radical (unpaired) electrons. The number of anilines is 2. The van der Waals surface area contributed by atoms with Crippen molar-refractivity contribution in [2.45, 2.75) is 0 Å². The fourth-order valence-electron chi connectivity index (χ4n) is 1.10. The Balaban J connectivity index is 3.38. The zero-order chi connectivity index (χ0) is 15.3. The summed E-state index contributed by atoms with van der Waals surface area (Å²) in [6.07, 6.45) is 0. The van der Waals surface area contributed by atoms with Crippen molar-refractivity contribution in [1.29, 1.82) is 0 Å². The number of hydrogen-bond donors (Lipinski definition) is 6. The summed E-state index contributed by atoms with van der Waals surface area (Å²) in [5.74, 6) is -0.851. The van der Waals surface area contributed by atoms with Crippen molar-refractivity contribution in [2.24, 2.45) is 0 Å². The molecule has 0 amide bonds. The van der Waals surface area contributed by atoms with Crippen molar-refractivity contribution in [1.82, 2.24) is 15.0 Å². The maximum atomic E-state index is 11.2. The van der Waals surface area contributed by atoms with Crippen LogP contribution in [-0.2, 0) is 4.57 Å². The van der Waals surface area contributed by atoms with Gasteiger partial charge in [0.1, 0.15) is 26.9 Å². The number of aromatic nitrogens is 3.